The number of rotatable bonds is 3. The summed E-state index contributed by atoms with van der Waals surface area (Å²) in [5.41, 5.74) is -0.221. The zero-order valence-electron chi connectivity index (χ0n) is 9.91. The largest absolute Gasteiger partial charge is 0.490 e. The Bertz CT molecular complexity index is 424. The van der Waals surface area contributed by atoms with Crippen molar-refractivity contribution in [2.24, 2.45) is 5.41 Å². The molecule has 1 saturated carbocycles. The van der Waals surface area contributed by atoms with Crippen LogP contribution in [0.4, 0.5) is 4.39 Å². The summed E-state index contributed by atoms with van der Waals surface area (Å²) >= 11 is 5.69. The van der Waals surface area contributed by atoms with Crippen molar-refractivity contribution < 1.29 is 14.2 Å². The average Bonchev–Trinajstić information content (AvgIpc) is 2.32. The van der Waals surface area contributed by atoms with E-state index in [9.17, 15) is 9.50 Å². The molecule has 94 valence electrons. The summed E-state index contributed by atoms with van der Waals surface area (Å²) in [7, 11) is 0. The van der Waals surface area contributed by atoms with Gasteiger partial charge < -0.3 is 9.84 Å². The van der Waals surface area contributed by atoms with Gasteiger partial charge in [0.15, 0.2) is 0 Å². The van der Waals surface area contributed by atoms with Crippen LogP contribution in [0.3, 0.4) is 0 Å². The molecule has 0 aromatic heterocycles. The van der Waals surface area contributed by atoms with Gasteiger partial charge >= 0.3 is 0 Å². The molecule has 0 radical (unpaired) electrons. The Morgan fingerprint density at radius 3 is 2.82 bits per heavy atom. The highest BCUT2D eigenvalue weighted by Gasteiger charge is 2.51. The Kier molecular flexibility index (Phi) is 3.32. The van der Waals surface area contributed by atoms with E-state index in [1.165, 1.54) is 12.1 Å². The van der Waals surface area contributed by atoms with Gasteiger partial charge in [-0.3, -0.25) is 0 Å². The minimum absolute atomic E-state index is 0.0379. The molecular formula is C13H16ClFO2. The van der Waals surface area contributed by atoms with Crippen LogP contribution in [0.1, 0.15) is 26.7 Å². The molecule has 0 aliphatic heterocycles. The molecule has 1 aliphatic rings. The number of hydrogen-bond acceptors (Lipinski definition) is 2. The van der Waals surface area contributed by atoms with Crippen LogP contribution in [0.2, 0.25) is 5.02 Å². The predicted octanol–water partition coefficient (Wildman–Crippen LogP) is 3.41. The lowest BCUT2D eigenvalue weighted by atomic mass is 9.63. The van der Waals surface area contributed by atoms with Crippen molar-refractivity contribution in [1.82, 2.24) is 0 Å². The Morgan fingerprint density at radius 1 is 1.59 bits per heavy atom. The summed E-state index contributed by atoms with van der Waals surface area (Å²) in [6.45, 7) is 4.02. The molecule has 17 heavy (non-hydrogen) atoms. The van der Waals surface area contributed by atoms with Gasteiger partial charge in [-0.25, -0.2) is 4.39 Å². The number of ether oxygens (including phenoxy) is 1. The fourth-order valence-corrected chi connectivity index (χ4v) is 2.33. The molecule has 1 N–H and O–H groups in total. The number of aliphatic hydroxyl groups excluding tert-OH is 1. The Hall–Kier alpha value is -0.800. The van der Waals surface area contributed by atoms with Gasteiger partial charge in [-0.1, -0.05) is 25.4 Å². The van der Waals surface area contributed by atoms with E-state index < -0.39 is 5.82 Å². The van der Waals surface area contributed by atoms with Crippen LogP contribution >= 0.6 is 11.6 Å². The summed E-state index contributed by atoms with van der Waals surface area (Å²) in [4.78, 5) is 0. The molecule has 3 atom stereocenters. The van der Waals surface area contributed by atoms with Crippen molar-refractivity contribution in [2.45, 2.75) is 38.9 Å². The molecule has 1 aromatic carbocycles. The number of aliphatic hydroxyl groups is 1. The quantitative estimate of drug-likeness (QED) is 0.900. The van der Waals surface area contributed by atoms with E-state index in [1.807, 2.05) is 13.8 Å². The molecule has 4 heteroatoms. The van der Waals surface area contributed by atoms with Gasteiger partial charge in [0.25, 0.3) is 0 Å². The minimum atomic E-state index is -0.453. The standard InChI is InChI=1S/C13H16ClFO2/c1-3-13(2)11(16)7-12(13)17-8-4-5-10(15)9(14)6-8/h4-6,11-12,16H,3,7H2,1-2H3. The van der Waals surface area contributed by atoms with Gasteiger partial charge in [0.2, 0.25) is 0 Å². The van der Waals surface area contributed by atoms with Gasteiger partial charge in [-0.2, -0.15) is 0 Å². The minimum Gasteiger partial charge on any atom is -0.490 e. The highest BCUT2D eigenvalue weighted by molar-refractivity contribution is 6.30. The smallest absolute Gasteiger partial charge is 0.142 e. The van der Waals surface area contributed by atoms with E-state index in [2.05, 4.69) is 0 Å². The molecule has 0 bridgehead atoms. The molecule has 1 aromatic rings. The van der Waals surface area contributed by atoms with Crippen LogP contribution in [0.25, 0.3) is 0 Å². The highest BCUT2D eigenvalue weighted by Crippen LogP contribution is 2.46. The van der Waals surface area contributed by atoms with Gasteiger partial charge in [-0.05, 0) is 18.6 Å². The van der Waals surface area contributed by atoms with E-state index in [1.54, 1.807) is 6.07 Å². The lowest BCUT2D eigenvalue weighted by Crippen LogP contribution is -2.57. The average molecular weight is 259 g/mol. The SMILES string of the molecule is CCC1(C)C(O)CC1Oc1ccc(F)c(Cl)c1. The van der Waals surface area contributed by atoms with Gasteiger partial charge in [0, 0.05) is 17.9 Å². The van der Waals surface area contributed by atoms with Crippen molar-refractivity contribution in [3.8, 4) is 5.75 Å². The molecule has 1 fully saturated rings. The predicted molar refractivity (Wildman–Crippen MR) is 64.8 cm³/mol. The summed E-state index contributed by atoms with van der Waals surface area (Å²) in [5, 5.41) is 9.80. The van der Waals surface area contributed by atoms with Gasteiger partial charge in [-0.15, -0.1) is 0 Å². The fourth-order valence-electron chi connectivity index (χ4n) is 2.16. The first-order valence-electron chi connectivity index (χ1n) is 5.77. The lowest BCUT2D eigenvalue weighted by Gasteiger charge is -2.50. The molecule has 0 saturated heterocycles. The highest BCUT2D eigenvalue weighted by atomic mass is 35.5. The van der Waals surface area contributed by atoms with Crippen LogP contribution in [-0.4, -0.2) is 17.3 Å². The van der Waals surface area contributed by atoms with E-state index in [0.717, 1.165) is 6.42 Å². The van der Waals surface area contributed by atoms with E-state index in [4.69, 9.17) is 16.3 Å². The Labute approximate surface area is 105 Å². The maximum absolute atomic E-state index is 13.0. The summed E-state index contributed by atoms with van der Waals surface area (Å²) < 4.78 is 18.7. The van der Waals surface area contributed by atoms with Gasteiger partial charge in [0.1, 0.15) is 17.7 Å². The van der Waals surface area contributed by atoms with E-state index in [0.29, 0.717) is 12.2 Å². The van der Waals surface area contributed by atoms with Crippen LogP contribution in [0, 0.1) is 11.2 Å². The first-order chi connectivity index (χ1) is 7.97. The van der Waals surface area contributed by atoms with E-state index in [-0.39, 0.29) is 22.6 Å². The third-order valence-corrected chi connectivity index (χ3v) is 4.15. The summed E-state index contributed by atoms with van der Waals surface area (Å²) in [6.07, 6.45) is 1.09. The second kappa shape index (κ2) is 4.46. The van der Waals surface area contributed by atoms with Crippen LogP contribution in [0.15, 0.2) is 18.2 Å². The number of hydrogen-bond donors (Lipinski definition) is 1. The molecule has 1 aliphatic carbocycles. The number of benzene rings is 1. The topological polar surface area (TPSA) is 29.5 Å². The third-order valence-electron chi connectivity index (χ3n) is 3.87. The zero-order valence-corrected chi connectivity index (χ0v) is 10.7. The molecule has 0 spiro atoms. The molecule has 3 unspecified atom stereocenters. The number of halogens is 2. The first kappa shape index (κ1) is 12.7. The van der Waals surface area contributed by atoms with Crippen LogP contribution in [-0.2, 0) is 0 Å². The first-order valence-corrected chi connectivity index (χ1v) is 6.15. The van der Waals surface area contributed by atoms with Crippen molar-refractivity contribution in [1.29, 1.82) is 0 Å². The van der Waals surface area contributed by atoms with Crippen molar-refractivity contribution in [2.75, 3.05) is 0 Å². The molecule has 2 nitrogen and oxygen atoms in total. The second-order valence-corrected chi connectivity index (χ2v) is 5.20. The molecule has 0 amide bonds. The normalized spacial score (nSPS) is 32.1. The lowest BCUT2D eigenvalue weighted by molar-refractivity contribution is -0.147. The maximum atomic E-state index is 13.0. The van der Waals surface area contributed by atoms with Crippen molar-refractivity contribution in [3.63, 3.8) is 0 Å². The third kappa shape index (κ3) is 2.14. The summed E-state index contributed by atoms with van der Waals surface area (Å²) in [5.74, 6) is 0.0962. The van der Waals surface area contributed by atoms with Gasteiger partial charge in [0.05, 0.1) is 11.1 Å². The Morgan fingerprint density at radius 2 is 2.29 bits per heavy atom. The monoisotopic (exact) mass is 258 g/mol. The Balaban J connectivity index is 2.09. The second-order valence-electron chi connectivity index (χ2n) is 4.79. The fraction of sp³-hybridized carbons (Fsp3) is 0.538. The van der Waals surface area contributed by atoms with E-state index >= 15 is 0 Å². The maximum Gasteiger partial charge on any atom is 0.142 e. The van der Waals surface area contributed by atoms with Crippen molar-refractivity contribution in [3.05, 3.63) is 29.0 Å². The molecule has 2 rings (SSSR count). The zero-order chi connectivity index (χ0) is 12.6. The van der Waals surface area contributed by atoms with Crippen LogP contribution < -0.4 is 4.74 Å². The molecule has 0 heterocycles. The van der Waals surface area contributed by atoms with Crippen molar-refractivity contribution >= 4 is 11.6 Å². The summed E-state index contributed by atoms with van der Waals surface area (Å²) in [6, 6.07) is 4.32. The molecular weight excluding hydrogens is 243 g/mol. The van der Waals surface area contributed by atoms with Crippen LogP contribution in [0.5, 0.6) is 5.75 Å².